The molecule has 0 radical (unpaired) electrons. The molecule has 2 aliphatic heterocycles. The average Bonchev–Trinajstić information content (AvgIpc) is 3.53. The maximum atomic E-state index is 12.9. The van der Waals surface area contributed by atoms with Crippen molar-refractivity contribution in [3.8, 4) is 0 Å². The molecule has 9 heteroatoms. The van der Waals surface area contributed by atoms with Crippen molar-refractivity contribution in [1.29, 1.82) is 0 Å². The SMILES string of the molecule is C[C@@H]1CC[C@@H](C)N1C(=O)N[C@@H](CCN(CCCCc1ccc2c(n1)NCCC2)CCOC1(C)CC1)C(=O)O. The first kappa shape index (κ1) is 28.6. The molecule has 1 aromatic rings. The molecule has 3 atom stereocenters. The molecule has 3 heterocycles. The second-order valence-electron chi connectivity index (χ2n) is 11.7. The van der Waals surface area contributed by atoms with Gasteiger partial charge in [-0.1, -0.05) is 6.07 Å². The fourth-order valence-corrected chi connectivity index (χ4v) is 5.61. The second-order valence-corrected chi connectivity index (χ2v) is 11.7. The lowest BCUT2D eigenvalue weighted by atomic mass is 10.1. The zero-order valence-electron chi connectivity index (χ0n) is 23.5. The molecule has 2 fully saturated rings. The first-order valence-corrected chi connectivity index (χ1v) is 14.6. The van der Waals surface area contributed by atoms with Gasteiger partial charge in [-0.05, 0) is 103 Å². The fourth-order valence-electron chi connectivity index (χ4n) is 5.61. The molecule has 0 bridgehead atoms. The predicted octanol–water partition coefficient (Wildman–Crippen LogP) is 4.06. The topological polar surface area (TPSA) is 107 Å². The van der Waals surface area contributed by atoms with Crippen molar-refractivity contribution >= 4 is 17.8 Å². The Labute approximate surface area is 227 Å². The van der Waals surface area contributed by atoms with Crippen LogP contribution in [-0.2, 0) is 22.4 Å². The number of carbonyl (C=O) groups is 2. The lowest BCUT2D eigenvalue weighted by Crippen LogP contribution is -2.51. The summed E-state index contributed by atoms with van der Waals surface area (Å²) in [4.78, 5) is 33.8. The quantitative estimate of drug-likeness (QED) is 0.312. The molecule has 4 rings (SSSR count). The number of anilines is 1. The van der Waals surface area contributed by atoms with Crippen LogP contribution in [0.25, 0.3) is 0 Å². The normalized spacial score (nSPS) is 22.6. The standard InChI is InChI=1S/C29H47N5O4/c1-21-9-10-22(2)34(21)28(37)32-25(27(35)36)13-18-33(19-20-38-29(3)14-15-29)17-5-4-8-24-12-11-23-7-6-16-30-26(23)31-24/h11-12,21-22,25H,4-10,13-20H2,1-3H3,(H,30,31)(H,32,37)(H,35,36)/t21-,22-,25+/m1/s1. The van der Waals surface area contributed by atoms with E-state index in [1.165, 1.54) is 5.56 Å². The van der Waals surface area contributed by atoms with Crippen molar-refractivity contribution < 1.29 is 19.4 Å². The third-order valence-corrected chi connectivity index (χ3v) is 8.44. The van der Waals surface area contributed by atoms with Crippen LogP contribution in [-0.4, -0.2) is 88.4 Å². The Kier molecular flexibility index (Phi) is 9.87. The predicted molar refractivity (Wildman–Crippen MR) is 149 cm³/mol. The van der Waals surface area contributed by atoms with Crippen LogP contribution in [0.3, 0.4) is 0 Å². The monoisotopic (exact) mass is 529 g/mol. The highest BCUT2D eigenvalue weighted by Crippen LogP contribution is 2.38. The van der Waals surface area contributed by atoms with Crippen LogP contribution in [0.2, 0.25) is 0 Å². The van der Waals surface area contributed by atoms with E-state index in [0.29, 0.717) is 19.6 Å². The lowest BCUT2D eigenvalue weighted by Gasteiger charge is -2.29. The van der Waals surface area contributed by atoms with Crippen LogP contribution in [0.4, 0.5) is 10.6 Å². The number of likely N-dealkylation sites (tertiary alicyclic amines) is 1. The second kappa shape index (κ2) is 13.1. The summed E-state index contributed by atoms with van der Waals surface area (Å²) in [6, 6.07) is 3.46. The molecule has 1 saturated heterocycles. The number of pyridine rings is 1. The number of fused-ring (bicyclic) bond motifs is 1. The van der Waals surface area contributed by atoms with Gasteiger partial charge in [-0.2, -0.15) is 0 Å². The third-order valence-electron chi connectivity index (χ3n) is 8.44. The van der Waals surface area contributed by atoms with Crippen molar-refractivity contribution in [1.82, 2.24) is 20.1 Å². The van der Waals surface area contributed by atoms with Gasteiger partial charge in [0.1, 0.15) is 11.9 Å². The van der Waals surface area contributed by atoms with Gasteiger partial charge in [0.25, 0.3) is 0 Å². The van der Waals surface area contributed by atoms with Crippen LogP contribution in [0.5, 0.6) is 0 Å². The van der Waals surface area contributed by atoms with Gasteiger partial charge in [-0.15, -0.1) is 0 Å². The summed E-state index contributed by atoms with van der Waals surface area (Å²) in [5.74, 6) is 0.0622. The largest absolute Gasteiger partial charge is 0.480 e. The zero-order valence-corrected chi connectivity index (χ0v) is 23.5. The first-order chi connectivity index (χ1) is 18.2. The number of amides is 2. The Morgan fingerprint density at radius 1 is 1.21 bits per heavy atom. The van der Waals surface area contributed by atoms with E-state index in [0.717, 1.165) is 88.9 Å². The molecule has 1 aliphatic carbocycles. The van der Waals surface area contributed by atoms with Gasteiger partial charge in [-0.25, -0.2) is 14.6 Å². The van der Waals surface area contributed by atoms with E-state index >= 15 is 0 Å². The van der Waals surface area contributed by atoms with E-state index in [4.69, 9.17) is 9.72 Å². The highest BCUT2D eigenvalue weighted by atomic mass is 16.5. The molecule has 9 nitrogen and oxygen atoms in total. The van der Waals surface area contributed by atoms with Gasteiger partial charge in [0.15, 0.2) is 0 Å². The summed E-state index contributed by atoms with van der Waals surface area (Å²) in [5.41, 5.74) is 2.45. The number of carboxylic acid groups (broad SMARTS) is 1. The van der Waals surface area contributed by atoms with Crippen molar-refractivity contribution in [3.63, 3.8) is 0 Å². The molecule has 38 heavy (non-hydrogen) atoms. The number of unbranched alkanes of at least 4 members (excludes halogenated alkanes) is 1. The van der Waals surface area contributed by atoms with Gasteiger partial charge in [0, 0.05) is 37.4 Å². The molecular formula is C29H47N5O4. The fraction of sp³-hybridized carbons (Fsp3) is 0.759. The summed E-state index contributed by atoms with van der Waals surface area (Å²) in [6.07, 6.45) is 9.69. The number of hydrogen-bond donors (Lipinski definition) is 3. The lowest BCUT2D eigenvalue weighted by molar-refractivity contribution is -0.139. The molecule has 0 aromatic carbocycles. The number of carboxylic acids is 1. The van der Waals surface area contributed by atoms with Gasteiger partial charge in [0.2, 0.25) is 0 Å². The molecule has 0 unspecified atom stereocenters. The number of hydrogen-bond acceptors (Lipinski definition) is 6. The van der Waals surface area contributed by atoms with Gasteiger partial charge in [0.05, 0.1) is 12.2 Å². The van der Waals surface area contributed by atoms with Gasteiger partial charge < -0.3 is 30.3 Å². The Balaban J connectivity index is 1.26. The van der Waals surface area contributed by atoms with Crippen molar-refractivity contribution in [3.05, 3.63) is 23.4 Å². The number of aliphatic carboxylic acids is 1. The summed E-state index contributed by atoms with van der Waals surface area (Å²) in [7, 11) is 0. The number of nitrogens with zero attached hydrogens (tertiary/aromatic N) is 3. The number of ether oxygens (including phenoxy) is 1. The average molecular weight is 530 g/mol. The van der Waals surface area contributed by atoms with E-state index in [2.05, 4.69) is 34.6 Å². The molecule has 1 aromatic heterocycles. The number of urea groups is 1. The highest BCUT2D eigenvalue weighted by Gasteiger charge is 2.38. The highest BCUT2D eigenvalue weighted by molar-refractivity contribution is 5.83. The number of aromatic nitrogens is 1. The molecule has 212 valence electrons. The number of carbonyl (C=O) groups excluding carboxylic acids is 1. The number of aryl methyl sites for hydroxylation is 2. The van der Waals surface area contributed by atoms with Gasteiger partial charge >= 0.3 is 12.0 Å². The van der Waals surface area contributed by atoms with Crippen molar-refractivity contribution in [2.45, 2.75) is 109 Å². The Hall–Kier alpha value is -2.39. The molecule has 0 spiro atoms. The molecule has 3 N–H and O–H groups in total. The number of nitrogens with one attached hydrogen (secondary N) is 2. The summed E-state index contributed by atoms with van der Waals surface area (Å²) in [6.45, 7) is 10.1. The minimum atomic E-state index is -0.980. The maximum absolute atomic E-state index is 12.9. The molecule has 2 amide bonds. The Morgan fingerprint density at radius 3 is 2.68 bits per heavy atom. The van der Waals surface area contributed by atoms with Crippen molar-refractivity contribution in [2.24, 2.45) is 0 Å². The summed E-state index contributed by atoms with van der Waals surface area (Å²) < 4.78 is 6.06. The van der Waals surface area contributed by atoms with Crippen molar-refractivity contribution in [2.75, 3.05) is 38.1 Å². The summed E-state index contributed by atoms with van der Waals surface area (Å²) in [5, 5.41) is 16.0. The smallest absolute Gasteiger partial charge is 0.326 e. The van der Waals surface area contributed by atoms with E-state index in [1.807, 2.05) is 13.8 Å². The molecule has 1 saturated carbocycles. The maximum Gasteiger partial charge on any atom is 0.326 e. The van der Waals surface area contributed by atoms with E-state index in [-0.39, 0.29) is 23.7 Å². The minimum Gasteiger partial charge on any atom is -0.480 e. The van der Waals surface area contributed by atoms with E-state index in [1.54, 1.807) is 4.90 Å². The third kappa shape index (κ3) is 8.06. The Bertz CT molecular complexity index is 943. The van der Waals surface area contributed by atoms with E-state index < -0.39 is 12.0 Å². The van der Waals surface area contributed by atoms with Crippen LogP contribution < -0.4 is 10.6 Å². The molecule has 3 aliphatic rings. The van der Waals surface area contributed by atoms with Crippen LogP contribution in [0.15, 0.2) is 12.1 Å². The van der Waals surface area contributed by atoms with Crippen LogP contribution >= 0.6 is 0 Å². The van der Waals surface area contributed by atoms with Crippen LogP contribution in [0, 0.1) is 0 Å². The first-order valence-electron chi connectivity index (χ1n) is 14.6. The summed E-state index contributed by atoms with van der Waals surface area (Å²) >= 11 is 0. The van der Waals surface area contributed by atoms with Crippen LogP contribution in [0.1, 0.15) is 83.4 Å². The Morgan fingerprint density at radius 2 is 1.97 bits per heavy atom. The number of rotatable bonds is 14. The minimum absolute atomic E-state index is 0.0263. The zero-order chi connectivity index (χ0) is 27.1. The molecular weight excluding hydrogens is 482 g/mol. The van der Waals surface area contributed by atoms with E-state index in [9.17, 15) is 14.7 Å². The van der Waals surface area contributed by atoms with Gasteiger partial charge in [-0.3, -0.25) is 0 Å².